The molecule has 3 aliphatic rings. The quantitative estimate of drug-likeness (QED) is 0.338. The van der Waals surface area contributed by atoms with Crippen molar-refractivity contribution in [3.05, 3.63) is 35.9 Å². The summed E-state index contributed by atoms with van der Waals surface area (Å²) in [5.41, 5.74) is 1.62. The van der Waals surface area contributed by atoms with E-state index in [9.17, 15) is 0 Å². The van der Waals surface area contributed by atoms with Crippen LogP contribution in [-0.2, 0) is 17.3 Å². The van der Waals surface area contributed by atoms with Gasteiger partial charge in [-0.1, -0.05) is 69.6 Å². The molecule has 5 rings (SSSR count). The molecule has 3 fully saturated rings. The van der Waals surface area contributed by atoms with Crippen LogP contribution in [0.4, 0.5) is 0 Å². The molecule has 2 saturated carbocycles. The fourth-order valence-electron chi connectivity index (χ4n) is 6.23. The summed E-state index contributed by atoms with van der Waals surface area (Å²) in [7, 11) is 0.441. The first-order valence-electron chi connectivity index (χ1n) is 13.3. The molecule has 1 nitrogen and oxygen atoms in total. The molecule has 168 valence electrons. The second-order valence-electron chi connectivity index (χ2n) is 10.3. The lowest BCUT2D eigenvalue weighted by Crippen LogP contribution is -2.16. The molecular weight excluding hydrogens is 396 g/mol. The van der Waals surface area contributed by atoms with Crippen LogP contribution in [0.25, 0.3) is 10.8 Å². The van der Waals surface area contributed by atoms with Crippen molar-refractivity contribution in [1.82, 2.24) is 0 Å². The van der Waals surface area contributed by atoms with Crippen molar-refractivity contribution in [2.75, 3.05) is 11.5 Å². The average Bonchev–Trinajstić information content (AvgIpc) is 3.03. The SMILES string of the molecule is c1cc(CC2CCCCCC2)c2c([S+]3CCCC3)ccc(OC3CCCCCC3)c2c1. The molecule has 0 amide bonds. The lowest BCUT2D eigenvalue weighted by molar-refractivity contribution is 0.186. The summed E-state index contributed by atoms with van der Waals surface area (Å²) in [5.74, 6) is 4.83. The maximum absolute atomic E-state index is 6.73. The van der Waals surface area contributed by atoms with Gasteiger partial charge in [0.15, 0.2) is 4.90 Å². The standard InChI is InChI=1S/C29H41OS/c1-2-6-13-23(12-5-1)22-24-14-11-17-26-27(30-25-15-7-3-4-8-16-25)18-19-28(29(24)26)31-20-9-10-21-31/h11,14,17-19,23,25H,1-10,12-13,15-16,20-22H2/q+1. The predicted molar refractivity (Wildman–Crippen MR) is 136 cm³/mol. The number of hydrogen-bond donors (Lipinski definition) is 0. The van der Waals surface area contributed by atoms with Gasteiger partial charge in [-0.05, 0) is 68.6 Å². The number of benzene rings is 2. The highest BCUT2D eigenvalue weighted by molar-refractivity contribution is 7.97. The fourth-order valence-corrected chi connectivity index (χ4v) is 8.77. The molecule has 2 aliphatic carbocycles. The van der Waals surface area contributed by atoms with E-state index in [1.165, 1.54) is 113 Å². The zero-order valence-electron chi connectivity index (χ0n) is 19.4. The summed E-state index contributed by atoms with van der Waals surface area (Å²) in [6, 6.07) is 11.9. The van der Waals surface area contributed by atoms with Gasteiger partial charge in [-0.2, -0.15) is 0 Å². The molecule has 1 aliphatic heterocycles. The van der Waals surface area contributed by atoms with Gasteiger partial charge in [0.2, 0.25) is 0 Å². The van der Waals surface area contributed by atoms with Crippen LogP contribution in [0.3, 0.4) is 0 Å². The Morgan fingerprint density at radius 2 is 1.39 bits per heavy atom. The van der Waals surface area contributed by atoms with Gasteiger partial charge in [0, 0.05) is 21.7 Å². The van der Waals surface area contributed by atoms with Crippen LogP contribution >= 0.6 is 0 Å². The van der Waals surface area contributed by atoms with Crippen molar-refractivity contribution in [1.29, 1.82) is 0 Å². The van der Waals surface area contributed by atoms with E-state index in [-0.39, 0.29) is 0 Å². The van der Waals surface area contributed by atoms with E-state index in [0.29, 0.717) is 17.0 Å². The minimum Gasteiger partial charge on any atom is -0.490 e. The monoisotopic (exact) mass is 437 g/mol. The fraction of sp³-hybridized carbons (Fsp3) is 0.655. The van der Waals surface area contributed by atoms with Gasteiger partial charge in [0.25, 0.3) is 0 Å². The van der Waals surface area contributed by atoms with Gasteiger partial charge < -0.3 is 4.74 Å². The normalized spacial score (nSPS) is 22.5. The third-order valence-corrected chi connectivity index (χ3v) is 10.5. The first-order valence-corrected chi connectivity index (χ1v) is 14.8. The highest BCUT2D eigenvalue weighted by atomic mass is 32.2. The van der Waals surface area contributed by atoms with E-state index in [4.69, 9.17) is 4.74 Å². The maximum atomic E-state index is 6.73. The Bertz CT molecular complexity index is 837. The lowest BCUT2D eigenvalue weighted by atomic mass is 9.90. The molecule has 0 spiro atoms. The minimum absolute atomic E-state index is 0.413. The third-order valence-electron chi connectivity index (χ3n) is 7.97. The predicted octanol–water partition coefficient (Wildman–Crippen LogP) is 8.23. The highest BCUT2D eigenvalue weighted by Crippen LogP contribution is 2.39. The van der Waals surface area contributed by atoms with Crippen LogP contribution in [0.2, 0.25) is 0 Å². The van der Waals surface area contributed by atoms with Crippen molar-refractivity contribution in [3.63, 3.8) is 0 Å². The second-order valence-corrected chi connectivity index (χ2v) is 12.5. The Balaban J connectivity index is 1.50. The smallest absolute Gasteiger partial charge is 0.163 e. The van der Waals surface area contributed by atoms with Crippen molar-refractivity contribution < 1.29 is 4.74 Å². The largest absolute Gasteiger partial charge is 0.490 e. The highest BCUT2D eigenvalue weighted by Gasteiger charge is 2.31. The van der Waals surface area contributed by atoms with E-state index in [0.717, 1.165) is 11.7 Å². The molecule has 2 heteroatoms. The third kappa shape index (κ3) is 5.27. The van der Waals surface area contributed by atoms with Gasteiger partial charge in [-0.15, -0.1) is 0 Å². The molecule has 2 aromatic rings. The molecule has 1 heterocycles. The van der Waals surface area contributed by atoms with Crippen LogP contribution in [0.15, 0.2) is 35.2 Å². The van der Waals surface area contributed by atoms with E-state index in [2.05, 4.69) is 30.3 Å². The van der Waals surface area contributed by atoms with Crippen LogP contribution in [-0.4, -0.2) is 17.6 Å². The van der Waals surface area contributed by atoms with Crippen LogP contribution < -0.4 is 4.74 Å². The summed E-state index contributed by atoms with van der Waals surface area (Å²) in [5, 5.41) is 3.00. The molecule has 0 radical (unpaired) electrons. The Kier molecular flexibility index (Phi) is 7.45. The van der Waals surface area contributed by atoms with Crippen molar-refractivity contribution in [2.24, 2.45) is 5.92 Å². The van der Waals surface area contributed by atoms with Crippen LogP contribution in [0, 0.1) is 5.92 Å². The summed E-state index contributed by atoms with van der Waals surface area (Å²) >= 11 is 0. The van der Waals surface area contributed by atoms with Crippen molar-refractivity contribution in [2.45, 2.75) is 107 Å². The van der Waals surface area contributed by atoms with E-state index in [1.807, 2.05) is 0 Å². The molecule has 0 unspecified atom stereocenters. The molecule has 2 aromatic carbocycles. The molecule has 31 heavy (non-hydrogen) atoms. The van der Waals surface area contributed by atoms with Gasteiger partial charge in [0.05, 0.1) is 6.10 Å². The average molecular weight is 438 g/mol. The Morgan fingerprint density at radius 1 is 0.710 bits per heavy atom. The first-order chi connectivity index (χ1) is 15.4. The van der Waals surface area contributed by atoms with Gasteiger partial charge in [-0.3, -0.25) is 0 Å². The molecule has 1 saturated heterocycles. The second kappa shape index (κ2) is 10.6. The zero-order chi connectivity index (χ0) is 20.9. The molecule has 0 atom stereocenters. The molecule has 0 bridgehead atoms. The number of ether oxygens (including phenoxy) is 1. The van der Waals surface area contributed by atoms with Gasteiger partial charge in [0.1, 0.15) is 17.3 Å². The molecule has 0 aromatic heterocycles. The summed E-state index contributed by atoms with van der Waals surface area (Å²) < 4.78 is 6.73. The Labute approximate surface area is 192 Å². The van der Waals surface area contributed by atoms with Gasteiger partial charge >= 0.3 is 0 Å². The Morgan fingerprint density at radius 3 is 2.10 bits per heavy atom. The molecule has 0 N–H and O–H groups in total. The number of rotatable bonds is 5. The topological polar surface area (TPSA) is 9.23 Å². The van der Waals surface area contributed by atoms with Crippen molar-refractivity contribution in [3.8, 4) is 5.75 Å². The van der Waals surface area contributed by atoms with Crippen LogP contribution in [0.5, 0.6) is 5.75 Å². The number of hydrogen-bond acceptors (Lipinski definition) is 1. The van der Waals surface area contributed by atoms with Crippen LogP contribution in [0.1, 0.15) is 95.5 Å². The summed E-state index contributed by atoms with van der Waals surface area (Å²) in [6.07, 6.45) is 21.0. The lowest BCUT2D eigenvalue weighted by Gasteiger charge is -2.21. The maximum Gasteiger partial charge on any atom is 0.163 e. The minimum atomic E-state index is 0.413. The summed E-state index contributed by atoms with van der Waals surface area (Å²) in [4.78, 5) is 1.66. The zero-order valence-corrected chi connectivity index (χ0v) is 20.2. The molecular formula is C29H41OS+. The van der Waals surface area contributed by atoms with E-state index >= 15 is 0 Å². The summed E-state index contributed by atoms with van der Waals surface area (Å²) in [6.45, 7) is 0. The van der Waals surface area contributed by atoms with E-state index in [1.54, 1.807) is 15.8 Å². The number of fused-ring (bicyclic) bond motifs is 1. The first kappa shape index (κ1) is 21.7. The van der Waals surface area contributed by atoms with E-state index < -0.39 is 0 Å². The Hall–Kier alpha value is -1.15. The van der Waals surface area contributed by atoms with Crippen molar-refractivity contribution >= 4 is 21.7 Å². The van der Waals surface area contributed by atoms with Gasteiger partial charge in [-0.25, -0.2) is 0 Å².